The molecule has 0 aromatic heterocycles. The third kappa shape index (κ3) is 4.41. The standard InChI is InChI=1S/C19H17NO3S2/c1-12-3-5-13(6-4-12)11-23-16-9-14(7-8-15(16)22-2)10-17-18(21)20-19(24)25-17/h3-10H,11H2,1-2H3,(H,20,21,24). The molecule has 128 valence electrons. The first-order valence-electron chi connectivity index (χ1n) is 7.66. The largest absolute Gasteiger partial charge is 0.493 e. The zero-order chi connectivity index (χ0) is 17.8. The molecule has 0 unspecified atom stereocenters. The summed E-state index contributed by atoms with van der Waals surface area (Å²) in [6, 6.07) is 13.7. The zero-order valence-electron chi connectivity index (χ0n) is 13.9. The van der Waals surface area contributed by atoms with Gasteiger partial charge in [-0.3, -0.25) is 4.79 Å². The van der Waals surface area contributed by atoms with Gasteiger partial charge in [-0.15, -0.1) is 0 Å². The van der Waals surface area contributed by atoms with E-state index in [0.29, 0.717) is 27.3 Å². The van der Waals surface area contributed by atoms with Crippen molar-refractivity contribution in [3.63, 3.8) is 0 Å². The van der Waals surface area contributed by atoms with Gasteiger partial charge in [0, 0.05) is 0 Å². The Morgan fingerprint density at radius 3 is 2.56 bits per heavy atom. The summed E-state index contributed by atoms with van der Waals surface area (Å²) in [7, 11) is 1.60. The van der Waals surface area contributed by atoms with E-state index in [-0.39, 0.29) is 5.91 Å². The highest BCUT2D eigenvalue weighted by molar-refractivity contribution is 8.26. The summed E-state index contributed by atoms with van der Waals surface area (Å²) in [5, 5.41) is 2.61. The Kier molecular flexibility index (Phi) is 5.40. The molecule has 1 aliphatic heterocycles. The lowest BCUT2D eigenvalue weighted by Crippen LogP contribution is -2.17. The van der Waals surface area contributed by atoms with Crippen molar-refractivity contribution >= 4 is 40.3 Å². The van der Waals surface area contributed by atoms with E-state index in [9.17, 15) is 4.79 Å². The van der Waals surface area contributed by atoms with Crippen LogP contribution in [0.25, 0.3) is 6.08 Å². The average Bonchev–Trinajstić information content (AvgIpc) is 2.92. The number of benzene rings is 2. The molecule has 1 N–H and O–H groups in total. The zero-order valence-corrected chi connectivity index (χ0v) is 15.5. The summed E-state index contributed by atoms with van der Waals surface area (Å²) in [4.78, 5) is 12.4. The maximum atomic E-state index is 11.8. The summed E-state index contributed by atoms with van der Waals surface area (Å²) in [6.45, 7) is 2.49. The molecule has 0 saturated carbocycles. The Hall–Kier alpha value is -2.31. The van der Waals surface area contributed by atoms with Crippen LogP contribution in [0, 0.1) is 6.92 Å². The lowest BCUT2D eigenvalue weighted by atomic mass is 10.1. The molecule has 1 aliphatic rings. The van der Waals surface area contributed by atoms with Gasteiger partial charge in [-0.05, 0) is 36.3 Å². The number of methoxy groups -OCH3 is 1. The van der Waals surface area contributed by atoms with Crippen LogP contribution in [0.5, 0.6) is 11.5 Å². The second-order valence-corrected chi connectivity index (χ2v) is 7.26. The summed E-state index contributed by atoms with van der Waals surface area (Å²) < 4.78 is 11.8. The molecule has 4 nitrogen and oxygen atoms in total. The molecule has 0 atom stereocenters. The van der Waals surface area contributed by atoms with Gasteiger partial charge in [0.1, 0.15) is 10.9 Å². The number of ether oxygens (including phenoxy) is 2. The van der Waals surface area contributed by atoms with Gasteiger partial charge < -0.3 is 14.8 Å². The normalized spacial score (nSPS) is 15.4. The number of aryl methyl sites for hydroxylation is 1. The Bertz CT molecular complexity index is 844. The summed E-state index contributed by atoms with van der Waals surface area (Å²) >= 11 is 6.26. The molecule has 1 fully saturated rings. The quantitative estimate of drug-likeness (QED) is 0.634. The number of rotatable bonds is 5. The Morgan fingerprint density at radius 2 is 1.92 bits per heavy atom. The van der Waals surface area contributed by atoms with E-state index >= 15 is 0 Å². The first-order chi connectivity index (χ1) is 12.0. The van der Waals surface area contributed by atoms with Gasteiger partial charge in [-0.25, -0.2) is 0 Å². The average molecular weight is 371 g/mol. The van der Waals surface area contributed by atoms with Crippen LogP contribution in [0.1, 0.15) is 16.7 Å². The molecule has 0 spiro atoms. The third-order valence-corrected chi connectivity index (χ3v) is 4.81. The fourth-order valence-electron chi connectivity index (χ4n) is 2.31. The van der Waals surface area contributed by atoms with Crippen molar-refractivity contribution in [2.45, 2.75) is 13.5 Å². The molecule has 1 saturated heterocycles. The Balaban J connectivity index is 1.80. The first-order valence-corrected chi connectivity index (χ1v) is 8.89. The number of carbonyl (C=O) groups excluding carboxylic acids is 1. The molecule has 1 heterocycles. The third-order valence-electron chi connectivity index (χ3n) is 3.64. The van der Waals surface area contributed by atoms with Gasteiger partial charge in [0.05, 0.1) is 12.0 Å². The van der Waals surface area contributed by atoms with Crippen molar-refractivity contribution < 1.29 is 14.3 Å². The molecule has 0 radical (unpaired) electrons. The second kappa shape index (κ2) is 7.72. The van der Waals surface area contributed by atoms with E-state index < -0.39 is 0 Å². The maximum Gasteiger partial charge on any atom is 0.263 e. The van der Waals surface area contributed by atoms with Crippen molar-refractivity contribution in [2.24, 2.45) is 0 Å². The number of hydrogen-bond donors (Lipinski definition) is 1. The van der Waals surface area contributed by atoms with Crippen LogP contribution in [-0.4, -0.2) is 17.3 Å². The number of amides is 1. The second-order valence-electron chi connectivity index (χ2n) is 5.54. The highest BCUT2D eigenvalue weighted by Crippen LogP contribution is 2.32. The number of thiocarbonyl (C=S) groups is 1. The summed E-state index contributed by atoms with van der Waals surface area (Å²) in [5.41, 5.74) is 3.13. The SMILES string of the molecule is COc1ccc(C=C2SC(=S)NC2=O)cc1OCc1ccc(C)cc1. The van der Waals surface area contributed by atoms with Gasteiger partial charge in [0.2, 0.25) is 0 Å². The monoisotopic (exact) mass is 371 g/mol. The fraction of sp³-hybridized carbons (Fsp3) is 0.158. The topological polar surface area (TPSA) is 47.6 Å². The molecule has 2 aromatic rings. The minimum absolute atomic E-state index is 0.173. The van der Waals surface area contributed by atoms with E-state index in [0.717, 1.165) is 11.1 Å². The Labute approximate surface area is 156 Å². The number of carbonyl (C=O) groups is 1. The van der Waals surface area contributed by atoms with Crippen molar-refractivity contribution in [3.8, 4) is 11.5 Å². The minimum Gasteiger partial charge on any atom is -0.493 e. The van der Waals surface area contributed by atoms with Crippen molar-refractivity contribution in [2.75, 3.05) is 7.11 Å². The van der Waals surface area contributed by atoms with Gasteiger partial charge in [-0.1, -0.05) is 59.9 Å². The smallest absolute Gasteiger partial charge is 0.263 e. The van der Waals surface area contributed by atoms with Crippen LogP contribution >= 0.6 is 24.0 Å². The molecule has 25 heavy (non-hydrogen) atoms. The number of hydrogen-bond acceptors (Lipinski definition) is 5. The molecule has 1 amide bonds. The first kappa shape index (κ1) is 17.5. The highest BCUT2D eigenvalue weighted by Gasteiger charge is 2.22. The summed E-state index contributed by atoms with van der Waals surface area (Å²) in [5.74, 6) is 1.10. The minimum atomic E-state index is -0.173. The lowest BCUT2D eigenvalue weighted by molar-refractivity contribution is -0.115. The molecule has 0 aliphatic carbocycles. The van der Waals surface area contributed by atoms with Gasteiger partial charge in [0.25, 0.3) is 5.91 Å². The lowest BCUT2D eigenvalue weighted by Gasteiger charge is -2.12. The van der Waals surface area contributed by atoms with Crippen LogP contribution < -0.4 is 14.8 Å². The molecule has 6 heteroatoms. The molecule has 2 aromatic carbocycles. The molecule has 3 rings (SSSR count). The number of nitrogens with one attached hydrogen (secondary N) is 1. The predicted molar refractivity (Wildman–Crippen MR) is 105 cm³/mol. The van der Waals surface area contributed by atoms with Crippen LogP contribution in [-0.2, 0) is 11.4 Å². The van der Waals surface area contributed by atoms with Crippen LogP contribution in [0.3, 0.4) is 0 Å². The van der Waals surface area contributed by atoms with Gasteiger partial charge in [0.15, 0.2) is 11.5 Å². The van der Waals surface area contributed by atoms with Crippen molar-refractivity contribution in [1.29, 1.82) is 0 Å². The van der Waals surface area contributed by atoms with Crippen molar-refractivity contribution in [3.05, 3.63) is 64.1 Å². The molecular formula is C19H17NO3S2. The molecule has 0 bridgehead atoms. The number of thioether (sulfide) groups is 1. The predicted octanol–water partition coefficient (Wildman–Crippen LogP) is 4.07. The highest BCUT2D eigenvalue weighted by atomic mass is 32.2. The fourth-order valence-corrected chi connectivity index (χ4v) is 3.36. The molecular weight excluding hydrogens is 354 g/mol. The van der Waals surface area contributed by atoms with E-state index in [1.54, 1.807) is 13.2 Å². The van der Waals surface area contributed by atoms with Crippen LogP contribution in [0.4, 0.5) is 0 Å². The Morgan fingerprint density at radius 1 is 1.16 bits per heavy atom. The maximum absolute atomic E-state index is 11.8. The van der Waals surface area contributed by atoms with Crippen molar-refractivity contribution in [1.82, 2.24) is 5.32 Å². The van der Waals surface area contributed by atoms with E-state index in [1.165, 1.54) is 17.3 Å². The van der Waals surface area contributed by atoms with Crippen LogP contribution in [0.2, 0.25) is 0 Å². The summed E-state index contributed by atoms with van der Waals surface area (Å²) in [6.07, 6.45) is 1.79. The van der Waals surface area contributed by atoms with E-state index in [4.69, 9.17) is 21.7 Å². The van der Waals surface area contributed by atoms with Gasteiger partial charge in [-0.2, -0.15) is 0 Å². The van der Waals surface area contributed by atoms with Crippen LogP contribution in [0.15, 0.2) is 47.4 Å². The van der Waals surface area contributed by atoms with E-state index in [1.807, 2.05) is 37.3 Å². The van der Waals surface area contributed by atoms with E-state index in [2.05, 4.69) is 17.4 Å². The van der Waals surface area contributed by atoms with Gasteiger partial charge >= 0.3 is 0 Å².